The third kappa shape index (κ3) is 3.97. The number of rotatable bonds is 2. The number of nitrogens with one attached hydrogen (secondary N) is 2. The summed E-state index contributed by atoms with van der Waals surface area (Å²) in [6.45, 7) is 0.335. The van der Waals surface area contributed by atoms with Crippen LogP contribution < -0.4 is 11.0 Å². The second-order valence-corrected chi connectivity index (χ2v) is 10.6. The summed E-state index contributed by atoms with van der Waals surface area (Å²) < 4.78 is 31.0. The Hall–Kier alpha value is -4.71. The van der Waals surface area contributed by atoms with Gasteiger partial charge in [0.2, 0.25) is 5.95 Å². The van der Waals surface area contributed by atoms with E-state index in [4.69, 9.17) is 9.47 Å². The number of imidazole rings is 1. The van der Waals surface area contributed by atoms with E-state index in [1.807, 2.05) is 36.4 Å². The van der Waals surface area contributed by atoms with Crippen molar-refractivity contribution in [2.75, 3.05) is 13.7 Å². The van der Waals surface area contributed by atoms with Crippen LogP contribution in [0.1, 0.15) is 24.4 Å². The summed E-state index contributed by atoms with van der Waals surface area (Å²) in [5, 5.41) is 7.53. The highest BCUT2D eigenvalue weighted by atomic mass is 19.1. The van der Waals surface area contributed by atoms with Crippen molar-refractivity contribution in [2.24, 2.45) is 14.1 Å². The van der Waals surface area contributed by atoms with Crippen LogP contribution in [0.25, 0.3) is 50.5 Å². The molecule has 1 fully saturated rings. The van der Waals surface area contributed by atoms with Crippen LogP contribution in [0.15, 0.2) is 47.5 Å². The number of aromatic amines is 1. The third-order valence-corrected chi connectivity index (χ3v) is 8.17. The highest BCUT2D eigenvalue weighted by molar-refractivity contribution is 6.14. The van der Waals surface area contributed by atoms with Crippen LogP contribution in [0, 0.1) is 5.95 Å². The molecule has 3 atom stereocenters. The predicted octanol–water partition coefficient (Wildman–Crippen LogP) is 3.89. The molecule has 5 aromatic rings. The van der Waals surface area contributed by atoms with Crippen molar-refractivity contribution in [3.05, 3.63) is 64.7 Å². The molecule has 11 nitrogen and oxygen atoms in total. The number of H-pyrrole nitrogens is 1. The number of hydrogen-bond donors (Lipinski definition) is 2. The van der Waals surface area contributed by atoms with E-state index in [2.05, 4.69) is 20.4 Å². The normalized spacial score (nSPS) is 20.9. The lowest BCUT2D eigenvalue weighted by Gasteiger charge is -2.19. The molecule has 12 heteroatoms. The van der Waals surface area contributed by atoms with Gasteiger partial charge in [0, 0.05) is 31.9 Å². The molecule has 2 N–H and O–H groups in total. The van der Waals surface area contributed by atoms with E-state index >= 15 is 4.39 Å². The lowest BCUT2D eigenvalue weighted by atomic mass is 9.98. The molecule has 1 saturated carbocycles. The van der Waals surface area contributed by atoms with Gasteiger partial charge in [-0.1, -0.05) is 36.4 Å². The van der Waals surface area contributed by atoms with Crippen LogP contribution in [0.2, 0.25) is 0 Å². The molecular formula is C29H28FN7O4. The van der Waals surface area contributed by atoms with Crippen molar-refractivity contribution in [1.82, 2.24) is 34.2 Å². The van der Waals surface area contributed by atoms with Crippen LogP contribution >= 0.6 is 0 Å². The fourth-order valence-corrected chi connectivity index (χ4v) is 6.29. The van der Waals surface area contributed by atoms with E-state index in [1.54, 1.807) is 35.6 Å². The maximum absolute atomic E-state index is 15.1. The maximum atomic E-state index is 15.1. The minimum Gasteiger partial charge on any atom is -0.453 e. The number of pyridine rings is 1. The van der Waals surface area contributed by atoms with Crippen molar-refractivity contribution in [3.8, 4) is 22.4 Å². The molecule has 1 amide bonds. The van der Waals surface area contributed by atoms with Gasteiger partial charge in [0.25, 0.3) is 0 Å². The first-order valence-electron chi connectivity index (χ1n) is 13.4. The molecule has 41 heavy (non-hydrogen) atoms. The van der Waals surface area contributed by atoms with Gasteiger partial charge in [0.1, 0.15) is 5.65 Å². The van der Waals surface area contributed by atoms with Crippen LogP contribution in [-0.4, -0.2) is 60.8 Å². The summed E-state index contributed by atoms with van der Waals surface area (Å²) in [6.07, 6.45) is 7.24. The summed E-state index contributed by atoms with van der Waals surface area (Å²) in [5.41, 5.74) is 5.00. The molecule has 1 aromatic carbocycles. The van der Waals surface area contributed by atoms with Gasteiger partial charge >= 0.3 is 11.8 Å². The molecule has 0 unspecified atom stereocenters. The number of benzene rings is 1. The SMILES string of the molecule is COC(=O)N[C@H]1C[C@H]2C[C@H]1OC/C=C\c1ccc(cc1)-c1c(-c3cn(C)nc3F)[nH]c3ncc4c(c13)n2c(=O)n4C. The summed E-state index contributed by atoms with van der Waals surface area (Å²) >= 11 is 0. The summed E-state index contributed by atoms with van der Waals surface area (Å²) in [7, 11) is 4.70. The smallest absolute Gasteiger partial charge is 0.407 e. The zero-order valence-corrected chi connectivity index (χ0v) is 22.7. The number of carbonyl (C=O) groups excluding carboxylic acids is 1. The summed E-state index contributed by atoms with van der Waals surface area (Å²) in [5.74, 6) is -0.611. The van der Waals surface area contributed by atoms with Gasteiger partial charge in [-0.2, -0.15) is 4.39 Å². The van der Waals surface area contributed by atoms with E-state index in [0.29, 0.717) is 52.8 Å². The third-order valence-electron chi connectivity index (χ3n) is 8.17. The van der Waals surface area contributed by atoms with Gasteiger partial charge in [-0.3, -0.25) is 13.8 Å². The topological polar surface area (TPSA) is 121 Å². The van der Waals surface area contributed by atoms with Crippen LogP contribution in [-0.2, 0) is 23.6 Å². The molecular weight excluding hydrogens is 529 g/mol. The Bertz CT molecular complexity index is 1910. The molecule has 6 heterocycles. The number of ether oxygens (including phenoxy) is 2. The number of fused-ring (bicyclic) bond motifs is 4. The molecule has 3 aliphatic rings. The monoisotopic (exact) mass is 557 g/mol. The second-order valence-electron chi connectivity index (χ2n) is 10.6. The first-order valence-corrected chi connectivity index (χ1v) is 13.4. The van der Waals surface area contributed by atoms with E-state index in [1.165, 1.54) is 11.8 Å². The largest absolute Gasteiger partial charge is 0.453 e. The quantitative estimate of drug-likeness (QED) is 0.340. The maximum Gasteiger partial charge on any atom is 0.407 e. The number of nitrogens with zero attached hydrogens (tertiary/aromatic N) is 5. The van der Waals surface area contributed by atoms with Crippen molar-refractivity contribution >= 4 is 34.2 Å². The molecule has 0 saturated heterocycles. The molecule has 4 aromatic heterocycles. The molecule has 8 rings (SSSR count). The Morgan fingerprint density at radius 3 is 2.76 bits per heavy atom. The number of halogens is 1. The van der Waals surface area contributed by atoms with Gasteiger partial charge in [0.15, 0.2) is 0 Å². The summed E-state index contributed by atoms with van der Waals surface area (Å²) in [4.78, 5) is 34.1. The molecule has 0 spiro atoms. The Balaban J connectivity index is 1.56. The number of carbonyl (C=O) groups is 1. The highest BCUT2D eigenvalue weighted by Crippen LogP contribution is 2.43. The van der Waals surface area contributed by atoms with Crippen molar-refractivity contribution in [2.45, 2.75) is 31.0 Å². The van der Waals surface area contributed by atoms with Gasteiger partial charge in [0.05, 0.1) is 59.7 Å². The number of hydrogen-bond acceptors (Lipinski definition) is 6. The highest BCUT2D eigenvalue weighted by Gasteiger charge is 2.39. The molecule has 1 aliphatic carbocycles. The fraction of sp³-hybridized carbons (Fsp3) is 0.310. The average Bonchev–Trinajstić information content (AvgIpc) is 3.69. The number of methoxy groups -OCH3 is 1. The zero-order chi connectivity index (χ0) is 28.4. The van der Waals surface area contributed by atoms with Crippen molar-refractivity contribution < 1.29 is 18.7 Å². The first kappa shape index (κ1) is 25.3. The summed E-state index contributed by atoms with van der Waals surface area (Å²) in [6, 6.07) is 7.26. The predicted molar refractivity (Wildman–Crippen MR) is 151 cm³/mol. The molecule has 2 aliphatic heterocycles. The van der Waals surface area contributed by atoms with Crippen molar-refractivity contribution in [3.63, 3.8) is 0 Å². The lowest BCUT2D eigenvalue weighted by Crippen LogP contribution is -2.41. The Labute approximate surface area is 233 Å². The zero-order valence-electron chi connectivity index (χ0n) is 22.7. The first-order chi connectivity index (χ1) is 19.8. The van der Waals surface area contributed by atoms with Crippen LogP contribution in [0.4, 0.5) is 9.18 Å². The molecule has 0 radical (unpaired) electrons. The molecule has 210 valence electrons. The van der Waals surface area contributed by atoms with Crippen molar-refractivity contribution in [1.29, 1.82) is 0 Å². The Kier molecular flexibility index (Phi) is 5.82. The van der Waals surface area contributed by atoms with Gasteiger partial charge in [-0.25, -0.2) is 14.6 Å². The minimum absolute atomic E-state index is 0.211. The number of amides is 1. The van der Waals surface area contributed by atoms with Gasteiger partial charge in [-0.05, 0) is 24.0 Å². The minimum atomic E-state index is -0.611. The fourth-order valence-electron chi connectivity index (χ4n) is 6.29. The second kappa shape index (κ2) is 9.44. The van der Waals surface area contributed by atoms with Gasteiger partial charge < -0.3 is 19.8 Å². The van der Waals surface area contributed by atoms with Crippen LogP contribution in [0.3, 0.4) is 0 Å². The van der Waals surface area contributed by atoms with E-state index < -0.39 is 12.0 Å². The lowest BCUT2D eigenvalue weighted by molar-refractivity contribution is 0.0563. The standard InChI is InChI=1S/C29H28FN7O4/c1-35-14-18(26(30)34-35)24-22-16-8-6-15(7-9-16)5-4-10-41-21-12-17(11-19(21)32-28(38)40-3)37-25-20(36(2)29(37)39)13-31-27(33-24)23(22)25/h4-9,13-14,17,19,21H,10-12H2,1-3H3,(H,31,33)(H,32,38)/b5-4-/t17-,19-,21+/m0/s1. The average molecular weight is 558 g/mol. The number of aryl methyl sites for hydroxylation is 2. The van der Waals surface area contributed by atoms with E-state index in [0.717, 1.165) is 16.7 Å². The Morgan fingerprint density at radius 1 is 1.22 bits per heavy atom. The Morgan fingerprint density at radius 2 is 2.02 bits per heavy atom. The van der Waals surface area contributed by atoms with E-state index in [-0.39, 0.29) is 23.9 Å². The van der Waals surface area contributed by atoms with Gasteiger partial charge in [-0.15, -0.1) is 5.10 Å². The number of alkyl carbamates (subject to hydrolysis) is 1. The number of aromatic nitrogens is 6. The van der Waals surface area contributed by atoms with E-state index in [9.17, 15) is 9.59 Å². The molecule has 4 bridgehead atoms. The van der Waals surface area contributed by atoms with Crippen LogP contribution in [0.5, 0.6) is 0 Å².